The minimum Gasteiger partial charge on any atom is -0.370 e. The zero-order valence-electron chi connectivity index (χ0n) is 10.1. The largest absolute Gasteiger partial charge is 0.370 e. The van der Waals surface area contributed by atoms with Gasteiger partial charge in [0.25, 0.3) is 0 Å². The number of nitrogens with zero attached hydrogens (tertiary/aromatic N) is 2. The van der Waals surface area contributed by atoms with E-state index < -0.39 is 0 Å². The highest BCUT2D eigenvalue weighted by Gasteiger charge is 2.14. The van der Waals surface area contributed by atoms with E-state index in [9.17, 15) is 0 Å². The molecule has 0 saturated carbocycles. The summed E-state index contributed by atoms with van der Waals surface area (Å²) in [5, 5.41) is 3.38. The third-order valence-corrected chi connectivity index (χ3v) is 3.54. The van der Waals surface area contributed by atoms with Crippen molar-refractivity contribution >= 4 is 0 Å². The van der Waals surface area contributed by atoms with E-state index in [0.29, 0.717) is 6.61 Å². The van der Waals surface area contributed by atoms with Crippen LogP contribution in [0.1, 0.15) is 16.8 Å². The van der Waals surface area contributed by atoms with Gasteiger partial charge in [-0.15, -0.1) is 0 Å². The second kappa shape index (κ2) is 5.12. The van der Waals surface area contributed by atoms with E-state index in [4.69, 9.17) is 4.74 Å². The van der Waals surface area contributed by atoms with Crippen molar-refractivity contribution in [1.29, 1.82) is 0 Å². The second-order valence-electron chi connectivity index (χ2n) is 4.78. The fourth-order valence-electron chi connectivity index (χ4n) is 2.46. The first-order valence-corrected chi connectivity index (χ1v) is 6.39. The van der Waals surface area contributed by atoms with Gasteiger partial charge in [-0.3, -0.25) is 4.98 Å². The van der Waals surface area contributed by atoms with Gasteiger partial charge in [0.2, 0.25) is 0 Å². The fraction of sp³-hybridized carbons (Fsp3) is 0.615. The maximum absolute atomic E-state index is 5.38. The van der Waals surface area contributed by atoms with Gasteiger partial charge in [-0.1, -0.05) is 0 Å². The lowest BCUT2D eigenvalue weighted by molar-refractivity contribution is 0.133. The summed E-state index contributed by atoms with van der Waals surface area (Å²) in [4.78, 5) is 6.98. The summed E-state index contributed by atoms with van der Waals surface area (Å²) >= 11 is 0. The van der Waals surface area contributed by atoms with Crippen LogP contribution in [-0.4, -0.2) is 42.6 Å². The zero-order valence-corrected chi connectivity index (χ0v) is 10.1. The fourth-order valence-corrected chi connectivity index (χ4v) is 2.46. The molecule has 0 radical (unpaired) electrons. The third-order valence-electron chi connectivity index (χ3n) is 3.54. The van der Waals surface area contributed by atoms with Crippen LogP contribution < -0.4 is 5.32 Å². The van der Waals surface area contributed by atoms with Gasteiger partial charge in [0.1, 0.15) is 0 Å². The second-order valence-corrected chi connectivity index (χ2v) is 4.78. The summed E-state index contributed by atoms with van der Waals surface area (Å²) in [5.41, 5.74) is 3.74. The number of hydrogen-bond acceptors (Lipinski definition) is 4. The first-order chi connectivity index (χ1) is 8.42. The van der Waals surface area contributed by atoms with Gasteiger partial charge in [-0.2, -0.15) is 0 Å². The van der Waals surface area contributed by atoms with Gasteiger partial charge in [0.05, 0.1) is 18.9 Å². The number of fused-ring (bicyclic) bond motifs is 1. The lowest BCUT2D eigenvalue weighted by Crippen LogP contribution is -2.44. The monoisotopic (exact) mass is 233 g/mol. The summed E-state index contributed by atoms with van der Waals surface area (Å²) < 4.78 is 5.38. The molecule has 0 amide bonds. The van der Waals surface area contributed by atoms with Crippen molar-refractivity contribution in [2.45, 2.75) is 19.6 Å². The minimum absolute atomic E-state index is 0.688. The van der Waals surface area contributed by atoms with Crippen LogP contribution in [0.3, 0.4) is 0 Å². The maximum Gasteiger partial charge on any atom is 0.0896 e. The van der Waals surface area contributed by atoms with E-state index in [-0.39, 0.29) is 0 Å². The lowest BCUT2D eigenvalue weighted by Gasteiger charge is -2.27. The molecule has 2 aliphatic heterocycles. The van der Waals surface area contributed by atoms with Crippen molar-refractivity contribution in [2.75, 3.05) is 32.7 Å². The van der Waals surface area contributed by atoms with E-state index in [1.54, 1.807) is 0 Å². The average Bonchev–Trinajstić information content (AvgIpc) is 2.85. The molecule has 4 heteroatoms. The van der Waals surface area contributed by atoms with Gasteiger partial charge in [0, 0.05) is 44.5 Å². The van der Waals surface area contributed by atoms with E-state index in [1.165, 1.54) is 24.2 Å². The molecular formula is C13H19N3O. The van der Waals surface area contributed by atoms with Crippen LogP contribution in [-0.2, 0) is 24.4 Å². The third kappa shape index (κ3) is 2.65. The Kier molecular flexibility index (Phi) is 3.36. The van der Waals surface area contributed by atoms with E-state index in [1.807, 2.05) is 6.20 Å². The highest BCUT2D eigenvalue weighted by atomic mass is 16.5. The number of rotatable bonds is 3. The molecule has 17 heavy (non-hydrogen) atoms. The number of hydrogen-bond donors (Lipinski definition) is 1. The molecule has 0 aliphatic carbocycles. The Balaban J connectivity index is 1.57. The highest BCUT2D eigenvalue weighted by molar-refractivity contribution is 5.26. The lowest BCUT2D eigenvalue weighted by atomic mass is 10.1. The summed E-state index contributed by atoms with van der Waals surface area (Å²) in [6.45, 7) is 7.15. The Morgan fingerprint density at radius 3 is 3.06 bits per heavy atom. The molecule has 0 spiro atoms. The molecule has 3 rings (SSSR count). The van der Waals surface area contributed by atoms with Gasteiger partial charge in [-0.05, 0) is 18.1 Å². The summed E-state index contributed by atoms with van der Waals surface area (Å²) in [5.74, 6) is 0. The van der Waals surface area contributed by atoms with Crippen molar-refractivity contribution in [3.8, 4) is 0 Å². The van der Waals surface area contributed by atoms with Crippen LogP contribution in [0.5, 0.6) is 0 Å². The van der Waals surface area contributed by atoms with Crippen molar-refractivity contribution in [2.24, 2.45) is 0 Å². The molecule has 1 fully saturated rings. The van der Waals surface area contributed by atoms with Crippen LogP contribution in [0.2, 0.25) is 0 Å². The molecule has 1 N–H and O–H groups in total. The molecule has 3 heterocycles. The number of piperazine rings is 1. The van der Waals surface area contributed by atoms with Crippen LogP contribution in [0, 0.1) is 0 Å². The number of aromatic nitrogens is 1. The van der Waals surface area contributed by atoms with Crippen LogP contribution >= 0.6 is 0 Å². The number of ether oxygens (including phenoxy) is 1. The Bertz CT molecular complexity index is 388. The maximum atomic E-state index is 5.38. The summed E-state index contributed by atoms with van der Waals surface area (Å²) in [6, 6.07) is 2.26. The molecule has 1 aromatic rings. The van der Waals surface area contributed by atoms with Gasteiger partial charge < -0.3 is 15.0 Å². The standard InChI is InChI=1S/C13H19N3O/c1(4-16-5-2-14-3-6-16)11-7-12-9-17-10-13(12)15-8-11/h7-8,14H,1-6,9-10H2. The average molecular weight is 233 g/mol. The molecule has 92 valence electrons. The predicted molar refractivity (Wildman–Crippen MR) is 65.7 cm³/mol. The smallest absolute Gasteiger partial charge is 0.0896 e. The predicted octanol–water partition coefficient (Wildman–Crippen LogP) is 0.559. The summed E-state index contributed by atoms with van der Waals surface area (Å²) in [7, 11) is 0. The number of nitrogens with one attached hydrogen (secondary N) is 1. The molecule has 2 aliphatic rings. The summed E-state index contributed by atoms with van der Waals surface area (Å²) in [6.07, 6.45) is 3.11. The first kappa shape index (κ1) is 11.1. The molecule has 0 aromatic carbocycles. The van der Waals surface area contributed by atoms with E-state index in [0.717, 1.165) is 38.4 Å². The topological polar surface area (TPSA) is 37.4 Å². The van der Waals surface area contributed by atoms with Crippen molar-refractivity contribution < 1.29 is 4.74 Å². The molecule has 1 saturated heterocycles. The van der Waals surface area contributed by atoms with Gasteiger partial charge in [0.15, 0.2) is 0 Å². The zero-order chi connectivity index (χ0) is 11.5. The minimum atomic E-state index is 0.688. The molecule has 0 bridgehead atoms. The molecular weight excluding hydrogens is 214 g/mol. The van der Waals surface area contributed by atoms with Crippen molar-refractivity contribution in [1.82, 2.24) is 15.2 Å². The van der Waals surface area contributed by atoms with Crippen LogP contribution in [0.15, 0.2) is 12.3 Å². The Morgan fingerprint density at radius 1 is 1.29 bits per heavy atom. The highest BCUT2D eigenvalue weighted by Crippen LogP contribution is 2.18. The van der Waals surface area contributed by atoms with Gasteiger partial charge >= 0.3 is 0 Å². The van der Waals surface area contributed by atoms with Crippen LogP contribution in [0.4, 0.5) is 0 Å². The first-order valence-electron chi connectivity index (χ1n) is 6.39. The Hall–Kier alpha value is -0.970. The molecule has 1 aromatic heterocycles. The molecule has 4 nitrogen and oxygen atoms in total. The molecule has 0 atom stereocenters. The van der Waals surface area contributed by atoms with Gasteiger partial charge in [-0.25, -0.2) is 0 Å². The Morgan fingerprint density at radius 2 is 2.18 bits per heavy atom. The SMILES string of the molecule is c1nc2c(cc1CCN1CCNCC1)COC2. The normalized spacial score (nSPS) is 20.5. The van der Waals surface area contributed by atoms with E-state index >= 15 is 0 Å². The van der Waals surface area contributed by atoms with Crippen LogP contribution in [0.25, 0.3) is 0 Å². The van der Waals surface area contributed by atoms with E-state index in [2.05, 4.69) is 21.3 Å². The van der Waals surface area contributed by atoms with Crippen molar-refractivity contribution in [3.63, 3.8) is 0 Å². The quantitative estimate of drug-likeness (QED) is 0.828. The molecule has 0 unspecified atom stereocenters. The Labute approximate surface area is 102 Å². The van der Waals surface area contributed by atoms with Crippen molar-refractivity contribution in [3.05, 3.63) is 29.1 Å². The number of pyridine rings is 1.